The number of hydrogen-bond acceptors (Lipinski definition) is 4. The van der Waals surface area contributed by atoms with E-state index in [1.807, 2.05) is 30.3 Å². The van der Waals surface area contributed by atoms with Crippen LogP contribution in [0.4, 0.5) is 5.69 Å². The van der Waals surface area contributed by atoms with E-state index in [2.05, 4.69) is 0 Å². The molecule has 21 heavy (non-hydrogen) atoms. The SMILES string of the molecule is O=C1[C@@H]2CC3=C(C[C@@H]2C(O)N1c1ccccc1)OCCO3. The van der Waals surface area contributed by atoms with Gasteiger partial charge in [0.2, 0.25) is 5.91 Å². The summed E-state index contributed by atoms with van der Waals surface area (Å²) in [5.74, 6) is 1.22. The van der Waals surface area contributed by atoms with Crippen molar-refractivity contribution in [1.82, 2.24) is 0 Å². The minimum atomic E-state index is -0.801. The van der Waals surface area contributed by atoms with Crippen LogP contribution in [0.2, 0.25) is 0 Å². The molecule has 1 unspecified atom stereocenters. The molecule has 2 aliphatic heterocycles. The summed E-state index contributed by atoms with van der Waals surface area (Å²) >= 11 is 0. The Labute approximate surface area is 122 Å². The Kier molecular flexibility index (Phi) is 2.89. The van der Waals surface area contributed by atoms with Crippen LogP contribution in [0.1, 0.15) is 12.8 Å². The summed E-state index contributed by atoms with van der Waals surface area (Å²) in [6.07, 6.45) is 0.291. The summed E-state index contributed by atoms with van der Waals surface area (Å²) in [7, 11) is 0. The van der Waals surface area contributed by atoms with Crippen LogP contribution in [-0.4, -0.2) is 30.5 Å². The summed E-state index contributed by atoms with van der Waals surface area (Å²) in [5, 5.41) is 10.6. The molecule has 5 heteroatoms. The van der Waals surface area contributed by atoms with Crippen molar-refractivity contribution < 1.29 is 19.4 Å². The van der Waals surface area contributed by atoms with E-state index < -0.39 is 6.23 Å². The number of benzene rings is 1. The van der Waals surface area contributed by atoms with Gasteiger partial charge in [0, 0.05) is 24.4 Å². The summed E-state index contributed by atoms with van der Waals surface area (Å²) in [5.41, 5.74) is 0.740. The number of rotatable bonds is 1. The second kappa shape index (κ2) is 4.77. The molecule has 0 aromatic heterocycles. The summed E-state index contributed by atoms with van der Waals surface area (Å²) < 4.78 is 11.2. The summed E-state index contributed by atoms with van der Waals surface area (Å²) in [4.78, 5) is 14.2. The van der Waals surface area contributed by atoms with E-state index in [9.17, 15) is 9.90 Å². The van der Waals surface area contributed by atoms with Crippen LogP contribution >= 0.6 is 0 Å². The lowest BCUT2D eigenvalue weighted by Crippen LogP contribution is -2.35. The number of fused-ring (bicyclic) bond motifs is 1. The average Bonchev–Trinajstić information content (AvgIpc) is 2.77. The van der Waals surface area contributed by atoms with Crippen LogP contribution in [-0.2, 0) is 14.3 Å². The van der Waals surface area contributed by atoms with E-state index in [1.165, 1.54) is 4.90 Å². The number of hydrogen-bond donors (Lipinski definition) is 1. The molecular weight excluding hydrogens is 270 g/mol. The zero-order chi connectivity index (χ0) is 14.4. The third kappa shape index (κ3) is 1.92. The van der Waals surface area contributed by atoms with Gasteiger partial charge < -0.3 is 14.6 Å². The monoisotopic (exact) mass is 287 g/mol. The fourth-order valence-corrected chi connectivity index (χ4v) is 3.50. The number of ether oxygens (including phenoxy) is 2. The number of amides is 1. The Morgan fingerprint density at radius 3 is 2.43 bits per heavy atom. The van der Waals surface area contributed by atoms with Crippen LogP contribution in [0.25, 0.3) is 0 Å². The molecule has 3 aliphatic rings. The predicted octanol–water partition coefficient (Wildman–Crippen LogP) is 1.64. The average molecular weight is 287 g/mol. The zero-order valence-electron chi connectivity index (χ0n) is 11.6. The predicted molar refractivity (Wildman–Crippen MR) is 75.1 cm³/mol. The molecule has 110 valence electrons. The normalized spacial score (nSPS) is 31.4. The Hall–Kier alpha value is -2.01. The number of allylic oxidation sites excluding steroid dienone is 2. The number of carbonyl (C=O) groups is 1. The molecule has 4 rings (SSSR count). The molecule has 0 radical (unpaired) electrons. The molecule has 1 amide bonds. The number of aliphatic hydroxyl groups excluding tert-OH is 1. The van der Waals surface area contributed by atoms with Crippen molar-refractivity contribution in [2.24, 2.45) is 11.8 Å². The second-order valence-corrected chi connectivity index (χ2v) is 5.68. The van der Waals surface area contributed by atoms with Gasteiger partial charge in [-0.05, 0) is 12.1 Å². The van der Waals surface area contributed by atoms with Gasteiger partial charge in [-0.15, -0.1) is 0 Å². The van der Waals surface area contributed by atoms with Crippen LogP contribution in [0.15, 0.2) is 41.9 Å². The summed E-state index contributed by atoms with van der Waals surface area (Å²) in [6.45, 7) is 1.08. The lowest BCUT2D eigenvalue weighted by atomic mass is 9.82. The molecule has 1 N–H and O–H groups in total. The van der Waals surface area contributed by atoms with E-state index in [-0.39, 0.29) is 17.7 Å². The molecular formula is C16H17NO4. The molecule has 0 spiro atoms. The standard InChI is InChI=1S/C16H17NO4/c18-15-11-8-13-14(21-7-6-20-13)9-12(11)16(19)17(15)10-4-2-1-3-5-10/h1-5,11-12,15,18H,6-9H2/t11-,12+,15?/m0/s1. The van der Waals surface area contributed by atoms with Crippen LogP contribution in [0.3, 0.4) is 0 Å². The van der Waals surface area contributed by atoms with Gasteiger partial charge in [0.15, 0.2) is 0 Å². The van der Waals surface area contributed by atoms with Crippen molar-refractivity contribution in [2.45, 2.75) is 19.1 Å². The van der Waals surface area contributed by atoms with Gasteiger partial charge in [-0.3, -0.25) is 9.69 Å². The Bertz CT molecular complexity index is 598. The number of para-hydroxylation sites is 1. The van der Waals surface area contributed by atoms with Crippen LogP contribution < -0.4 is 4.90 Å². The van der Waals surface area contributed by atoms with Gasteiger partial charge in [-0.25, -0.2) is 0 Å². The van der Waals surface area contributed by atoms with Crippen LogP contribution in [0.5, 0.6) is 0 Å². The first kappa shape index (κ1) is 12.7. The largest absolute Gasteiger partial charge is 0.491 e. The molecule has 3 atom stereocenters. The number of carbonyl (C=O) groups excluding carboxylic acids is 1. The fourth-order valence-electron chi connectivity index (χ4n) is 3.50. The number of aliphatic hydroxyl groups is 1. The van der Waals surface area contributed by atoms with Gasteiger partial charge in [0.1, 0.15) is 31.0 Å². The third-order valence-corrected chi connectivity index (χ3v) is 4.53. The molecule has 5 nitrogen and oxygen atoms in total. The molecule has 1 fully saturated rings. The van der Waals surface area contributed by atoms with Crippen molar-refractivity contribution in [3.8, 4) is 0 Å². The minimum Gasteiger partial charge on any atom is -0.491 e. The molecule has 2 heterocycles. The highest BCUT2D eigenvalue weighted by molar-refractivity contribution is 5.98. The molecule has 1 aromatic rings. The van der Waals surface area contributed by atoms with Gasteiger partial charge in [0.05, 0.1) is 5.92 Å². The van der Waals surface area contributed by atoms with Gasteiger partial charge in [-0.1, -0.05) is 18.2 Å². The highest BCUT2D eigenvalue weighted by atomic mass is 16.6. The third-order valence-electron chi connectivity index (χ3n) is 4.53. The van der Waals surface area contributed by atoms with Crippen molar-refractivity contribution >= 4 is 11.6 Å². The van der Waals surface area contributed by atoms with Crippen molar-refractivity contribution in [3.05, 3.63) is 41.9 Å². The summed E-state index contributed by atoms with van der Waals surface area (Å²) in [6, 6.07) is 9.32. The van der Waals surface area contributed by atoms with Gasteiger partial charge >= 0.3 is 0 Å². The van der Waals surface area contributed by atoms with Gasteiger partial charge in [-0.2, -0.15) is 0 Å². The second-order valence-electron chi connectivity index (χ2n) is 5.68. The minimum absolute atomic E-state index is 0.0283. The Morgan fingerprint density at radius 2 is 1.71 bits per heavy atom. The Balaban J connectivity index is 1.65. The highest BCUT2D eigenvalue weighted by Crippen LogP contribution is 2.45. The molecule has 0 bridgehead atoms. The number of anilines is 1. The maximum absolute atomic E-state index is 12.7. The van der Waals surface area contributed by atoms with E-state index in [0.717, 1.165) is 17.2 Å². The maximum Gasteiger partial charge on any atom is 0.233 e. The number of nitrogens with zero attached hydrogens (tertiary/aromatic N) is 1. The first-order valence-corrected chi connectivity index (χ1v) is 7.29. The van der Waals surface area contributed by atoms with E-state index >= 15 is 0 Å². The lowest BCUT2D eigenvalue weighted by Gasteiger charge is -2.31. The molecule has 1 aromatic carbocycles. The quantitative estimate of drug-likeness (QED) is 0.853. The van der Waals surface area contributed by atoms with Crippen LogP contribution in [0, 0.1) is 11.8 Å². The molecule has 1 aliphatic carbocycles. The van der Waals surface area contributed by atoms with E-state index in [4.69, 9.17) is 9.47 Å². The smallest absolute Gasteiger partial charge is 0.233 e. The van der Waals surface area contributed by atoms with E-state index in [0.29, 0.717) is 26.1 Å². The zero-order valence-corrected chi connectivity index (χ0v) is 11.6. The maximum atomic E-state index is 12.7. The fraction of sp³-hybridized carbons (Fsp3) is 0.438. The first-order valence-electron chi connectivity index (χ1n) is 7.29. The first-order chi connectivity index (χ1) is 10.3. The van der Waals surface area contributed by atoms with Crippen molar-refractivity contribution in [3.63, 3.8) is 0 Å². The van der Waals surface area contributed by atoms with Gasteiger partial charge in [0.25, 0.3) is 0 Å². The van der Waals surface area contributed by atoms with Crippen molar-refractivity contribution in [1.29, 1.82) is 0 Å². The van der Waals surface area contributed by atoms with Crippen molar-refractivity contribution in [2.75, 3.05) is 18.1 Å². The topological polar surface area (TPSA) is 59.0 Å². The van der Waals surface area contributed by atoms with E-state index in [1.54, 1.807) is 0 Å². The lowest BCUT2D eigenvalue weighted by molar-refractivity contribution is -0.121. The Morgan fingerprint density at radius 1 is 1.05 bits per heavy atom. The molecule has 0 saturated carbocycles. The molecule has 1 saturated heterocycles. The highest BCUT2D eigenvalue weighted by Gasteiger charge is 2.51.